The molecule has 2 aromatic carbocycles. The summed E-state index contributed by atoms with van der Waals surface area (Å²) < 4.78 is 0.971. The summed E-state index contributed by atoms with van der Waals surface area (Å²) in [7, 11) is 0. The van der Waals surface area contributed by atoms with E-state index in [1.807, 2.05) is 18.2 Å². The van der Waals surface area contributed by atoms with E-state index in [1.165, 1.54) is 12.1 Å². The summed E-state index contributed by atoms with van der Waals surface area (Å²) in [5, 5.41) is 10.6. The van der Waals surface area contributed by atoms with E-state index in [1.54, 1.807) is 12.1 Å². The number of nitrogens with one attached hydrogen (secondary N) is 1. The molecule has 0 saturated heterocycles. The highest BCUT2D eigenvalue weighted by Crippen LogP contribution is 2.24. The minimum absolute atomic E-state index is 0.0719. The van der Waals surface area contributed by atoms with E-state index in [2.05, 4.69) is 25.9 Å². The molecule has 3 rings (SSSR count). The summed E-state index contributed by atoms with van der Waals surface area (Å²) in [6, 6.07) is 12.1. The summed E-state index contributed by atoms with van der Waals surface area (Å²) >= 11 is 3.40. The number of nitrogens with zero attached hydrogens (tertiary/aromatic N) is 2. The molecular formula is C13H8BrN3O2. The Bertz CT molecular complexity index is 765. The van der Waals surface area contributed by atoms with Crippen LogP contribution in [-0.4, -0.2) is 14.9 Å². The Hall–Kier alpha value is -2.21. The van der Waals surface area contributed by atoms with Gasteiger partial charge in [-0.25, -0.2) is 4.98 Å². The SMILES string of the molecule is O=[N+]([O-])c1ccc(-c2nc3ccc(Br)cc3[nH]2)cc1. The van der Waals surface area contributed by atoms with Gasteiger partial charge in [0.05, 0.1) is 16.0 Å². The van der Waals surface area contributed by atoms with Gasteiger partial charge in [0.2, 0.25) is 0 Å². The maximum Gasteiger partial charge on any atom is 0.269 e. The highest BCUT2D eigenvalue weighted by atomic mass is 79.9. The van der Waals surface area contributed by atoms with E-state index in [4.69, 9.17) is 0 Å². The monoisotopic (exact) mass is 317 g/mol. The van der Waals surface area contributed by atoms with Gasteiger partial charge in [-0.1, -0.05) is 15.9 Å². The molecule has 0 unspecified atom stereocenters. The van der Waals surface area contributed by atoms with Crippen LogP contribution in [0.4, 0.5) is 5.69 Å². The molecule has 0 bridgehead atoms. The molecule has 0 aliphatic carbocycles. The molecule has 0 radical (unpaired) electrons. The van der Waals surface area contributed by atoms with E-state index in [9.17, 15) is 10.1 Å². The average Bonchev–Trinajstić information content (AvgIpc) is 2.81. The number of non-ortho nitro benzene ring substituents is 1. The lowest BCUT2D eigenvalue weighted by Crippen LogP contribution is -1.87. The van der Waals surface area contributed by atoms with E-state index in [-0.39, 0.29) is 5.69 Å². The molecule has 0 fully saturated rings. The second-order valence-electron chi connectivity index (χ2n) is 4.05. The predicted octanol–water partition coefficient (Wildman–Crippen LogP) is 3.90. The number of hydrogen-bond donors (Lipinski definition) is 1. The Morgan fingerprint density at radius 1 is 1.16 bits per heavy atom. The average molecular weight is 318 g/mol. The second-order valence-corrected chi connectivity index (χ2v) is 4.97. The minimum Gasteiger partial charge on any atom is -0.338 e. The molecule has 0 spiro atoms. The molecule has 1 aromatic heterocycles. The molecule has 0 aliphatic heterocycles. The van der Waals surface area contributed by atoms with E-state index >= 15 is 0 Å². The van der Waals surface area contributed by atoms with Crippen LogP contribution in [0.5, 0.6) is 0 Å². The third-order valence-corrected chi connectivity index (χ3v) is 3.29. The summed E-state index contributed by atoms with van der Waals surface area (Å²) in [6.07, 6.45) is 0. The van der Waals surface area contributed by atoms with Crippen LogP contribution in [0.25, 0.3) is 22.4 Å². The van der Waals surface area contributed by atoms with Gasteiger partial charge in [-0.05, 0) is 30.3 Å². The van der Waals surface area contributed by atoms with Crippen molar-refractivity contribution in [3.63, 3.8) is 0 Å². The predicted molar refractivity (Wildman–Crippen MR) is 75.9 cm³/mol. The van der Waals surface area contributed by atoms with Crippen LogP contribution >= 0.6 is 15.9 Å². The van der Waals surface area contributed by atoms with Crippen LogP contribution in [0, 0.1) is 10.1 Å². The van der Waals surface area contributed by atoms with Crippen LogP contribution in [0.15, 0.2) is 46.9 Å². The molecule has 0 saturated carbocycles. The molecule has 1 heterocycles. The van der Waals surface area contributed by atoms with Gasteiger partial charge in [0.15, 0.2) is 0 Å². The summed E-state index contributed by atoms with van der Waals surface area (Å²) in [5.74, 6) is 0.697. The number of rotatable bonds is 2. The number of nitro benzene ring substituents is 1. The molecular weight excluding hydrogens is 310 g/mol. The highest BCUT2D eigenvalue weighted by Gasteiger charge is 2.08. The first-order chi connectivity index (χ1) is 9.13. The lowest BCUT2D eigenvalue weighted by molar-refractivity contribution is -0.384. The van der Waals surface area contributed by atoms with Crippen LogP contribution in [-0.2, 0) is 0 Å². The van der Waals surface area contributed by atoms with Crippen molar-refractivity contribution in [2.24, 2.45) is 0 Å². The number of imidazole rings is 1. The van der Waals surface area contributed by atoms with Gasteiger partial charge in [-0.2, -0.15) is 0 Å². The fourth-order valence-corrected chi connectivity index (χ4v) is 2.22. The maximum absolute atomic E-state index is 10.6. The Morgan fingerprint density at radius 3 is 2.58 bits per heavy atom. The van der Waals surface area contributed by atoms with E-state index < -0.39 is 4.92 Å². The van der Waals surface area contributed by atoms with Crippen molar-refractivity contribution in [1.29, 1.82) is 0 Å². The zero-order chi connectivity index (χ0) is 13.4. The Labute approximate surface area is 116 Å². The summed E-state index contributed by atoms with van der Waals surface area (Å²) in [5.41, 5.74) is 2.67. The van der Waals surface area contributed by atoms with Gasteiger partial charge >= 0.3 is 0 Å². The molecule has 94 valence electrons. The van der Waals surface area contributed by atoms with Crippen LogP contribution < -0.4 is 0 Å². The molecule has 6 heteroatoms. The van der Waals surface area contributed by atoms with Crippen molar-refractivity contribution in [3.05, 3.63) is 57.1 Å². The second kappa shape index (κ2) is 4.47. The quantitative estimate of drug-likeness (QED) is 0.575. The fraction of sp³-hybridized carbons (Fsp3) is 0. The fourth-order valence-electron chi connectivity index (χ4n) is 1.86. The van der Waals surface area contributed by atoms with Gasteiger partial charge in [0, 0.05) is 22.2 Å². The topological polar surface area (TPSA) is 71.8 Å². The van der Waals surface area contributed by atoms with Gasteiger partial charge in [0.1, 0.15) is 5.82 Å². The first-order valence-corrected chi connectivity index (χ1v) is 6.33. The number of aromatic amines is 1. The molecule has 19 heavy (non-hydrogen) atoms. The number of aromatic nitrogens is 2. The van der Waals surface area contributed by atoms with Gasteiger partial charge in [0.25, 0.3) is 5.69 Å². The molecule has 0 aliphatic rings. The Balaban J connectivity index is 2.06. The van der Waals surface area contributed by atoms with Crippen molar-refractivity contribution in [2.75, 3.05) is 0 Å². The zero-order valence-corrected chi connectivity index (χ0v) is 11.2. The van der Waals surface area contributed by atoms with Crippen molar-refractivity contribution >= 4 is 32.7 Å². The molecule has 0 amide bonds. The van der Waals surface area contributed by atoms with Crippen molar-refractivity contribution in [3.8, 4) is 11.4 Å². The van der Waals surface area contributed by atoms with Crippen molar-refractivity contribution in [1.82, 2.24) is 9.97 Å². The van der Waals surface area contributed by atoms with E-state index in [0.717, 1.165) is 21.1 Å². The molecule has 3 aromatic rings. The number of halogens is 1. The summed E-state index contributed by atoms with van der Waals surface area (Å²) in [4.78, 5) is 17.8. The number of nitro groups is 1. The van der Waals surface area contributed by atoms with Crippen LogP contribution in [0.3, 0.4) is 0 Å². The third kappa shape index (κ3) is 2.22. The number of fused-ring (bicyclic) bond motifs is 1. The Morgan fingerprint density at radius 2 is 1.89 bits per heavy atom. The molecule has 1 N–H and O–H groups in total. The lowest BCUT2D eigenvalue weighted by atomic mass is 10.2. The number of H-pyrrole nitrogens is 1. The third-order valence-electron chi connectivity index (χ3n) is 2.80. The van der Waals surface area contributed by atoms with E-state index in [0.29, 0.717) is 5.82 Å². The maximum atomic E-state index is 10.6. The van der Waals surface area contributed by atoms with Crippen LogP contribution in [0.1, 0.15) is 0 Å². The van der Waals surface area contributed by atoms with Gasteiger partial charge < -0.3 is 4.98 Å². The van der Waals surface area contributed by atoms with Crippen molar-refractivity contribution < 1.29 is 4.92 Å². The smallest absolute Gasteiger partial charge is 0.269 e. The normalized spacial score (nSPS) is 10.8. The minimum atomic E-state index is -0.417. The van der Waals surface area contributed by atoms with Crippen molar-refractivity contribution in [2.45, 2.75) is 0 Å². The first kappa shape index (κ1) is 11.9. The number of hydrogen-bond acceptors (Lipinski definition) is 3. The van der Waals surface area contributed by atoms with Gasteiger partial charge in [-0.15, -0.1) is 0 Å². The highest BCUT2D eigenvalue weighted by molar-refractivity contribution is 9.10. The lowest BCUT2D eigenvalue weighted by Gasteiger charge is -1.95. The number of benzene rings is 2. The molecule has 0 atom stereocenters. The Kier molecular flexibility index (Phi) is 2.79. The largest absolute Gasteiger partial charge is 0.338 e. The molecule has 5 nitrogen and oxygen atoms in total. The van der Waals surface area contributed by atoms with Crippen LogP contribution in [0.2, 0.25) is 0 Å². The summed E-state index contributed by atoms with van der Waals surface area (Å²) in [6.45, 7) is 0. The van der Waals surface area contributed by atoms with Gasteiger partial charge in [-0.3, -0.25) is 10.1 Å². The first-order valence-electron chi connectivity index (χ1n) is 5.53. The zero-order valence-electron chi connectivity index (χ0n) is 9.63. The standard InChI is InChI=1S/C13H8BrN3O2/c14-9-3-6-11-12(7-9)16-13(15-11)8-1-4-10(5-2-8)17(18)19/h1-7H,(H,15,16).